The molecule has 0 radical (unpaired) electrons. The maximum atomic E-state index is 9.70. The van der Waals surface area contributed by atoms with Crippen LogP contribution >= 0.6 is 0 Å². The van der Waals surface area contributed by atoms with Crippen LogP contribution in [0, 0.1) is 13.8 Å². The molecule has 0 aromatic heterocycles. The zero-order valence-corrected chi connectivity index (χ0v) is 14.1. The van der Waals surface area contributed by atoms with Gasteiger partial charge in [-0.2, -0.15) is 0 Å². The summed E-state index contributed by atoms with van der Waals surface area (Å²) >= 11 is 0. The maximum Gasteiger partial charge on any atom is 0.188 e. The van der Waals surface area contributed by atoms with Crippen LogP contribution in [0.2, 0.25) is 0 Å². The van der Waals surface area contributed by atoms with Gasteiger partial charge in [-0.3, -0.25) is 0 Å². The van der Waals surface area contributed by atoms with Gasteiger partial charge in [0.1, 0.15) is 11.5 Å². The summed E-state index contributed by atoms with van der Waals surface area (Å²) in [7, 11) is 1.64. The Hall–Kier alpha value is -2.00. The number of aryl methyl sites for hydroxylation is 2. The summed E-state index contributed by atoms with van der Waals surface area (Å²) in [6.45, 7) is 4.40. The molecule has 0 unspecified atom stereocenters. The first-order valence-corrected chi connectivity index (χ1v) is 8.12. The number of hydrogen-bond acceptors (Lipinski definition) is 3. The molecule has 23 heavy (non-hydrogen) atoms. The first kappa shape index (κ1) is 15.9. The van der Waals surface area contributed by atoms with Crippen LogP contribution in [-0.4, -0.2) is 19.0 Å². The third kappa shape index (κ3) is 3.67. The smallest absolute Gasteiger partial charge is 0.188 e. The van der Waals surface area contributed by atoms with E-state index >= 15 is 0 Å². The van der Waals surface area contributed by atoms with E-state index in [9.17, 15) is 5.11 Å². The summed E-state index contributed by atoms with van der Waals surface area (Å²) in [5.74, 6) is 1.91. The molecule has 1 fully saturated rings. The zero-order chi connectivity index (χ0) is 16.4. The van der Waals surface area contributed by atoms with Gasteiger partial charge in [-0.1, -0.05) is 12.1 Å². The van der Waals surface area contributed by atoms with Crippen molar-refractivity contribution in [3.05, 3.63) is 58.1 Å². The number of phenols is 1. The normalized spacial score (nSPS) is 14.0. The van der Waals surface area contributed by atoms with E-state index in [4.69, 9.17) is 9.47 Å². The molecular formula is C20H24O3. The lowest BCUT2D eigenvalue weighted by molar-refractivity contribution is 0.0504. The Bertz CT molecular complexity index is 679. The summed E-state index contributed by atoms with van der Waals surface area (Å²) in [5, 5.41) is 9.70. The van der Waals surface area contributed by atoms with Crippen molar-refractivity contribution < 1.29 is 14.6 Å². The Kier molecular flexibility index (Phi) is 4.58. The predicted octanol–water partition coefficient (Wildman–Crippen LogP) is 4.46. The van der Waals surface area contributed by atoms with Gasteiger partial charge in [0.2, 0.25) is 0 Å². The molecule has 2 aromatic carbocycles. The second kappa shape index (κ2) is 6.63. The number of phenolic OH excluding ortho intramolecular Hbond substituents is 1. The lowest BCUT2D eigenvalue weighted by Gasteiger charge is -2.14. The van der Waals surface area contributed by atoms with E-state index < -0.39 is 0 Å². The monoisotopic (exact) mass is 312 g/mol. The Labute approximate surface area is 137 Å². The molecule has 0 saturated heterocycles. The van der Waals surface area contributed by atoms with Gasteiger partial charge in [-0.15, -0.1) is 0 Å². The third-order valence-electron chi connectivity index (χ3n) is 4.49. The molecule has 3 nitrogen and oxygen atoms in total. The number of methoxy groups -OCH3 is 1. The van der Waals surface area contributed by atoms with Crippen molar-refractivity contribution in [2.45, 2.75) is 39.0 Å². The van der Waals surface area contributed by atoms with Gasteiger partial charge >= 0.3 is 0 Å². The highest BCUT2D eigenvalue weighted by Crippen LogP contribution is 2.45. The van der Waals surface area contributed by atoms with Crippen molar-refractivity contribution in [3.8, 4) is 11.5 Å². The summed E-state index contributed by atoms with van der Waals surface area (Å²) < 4.78 is 10.7. The summed E-state index contributed by atoms with van der Waals surface area (Å²) in [4.78, 5) is 0. The van der Waals surface area contributed by atoms with Crippen LogP contribution in [0.15, 0.2) is 30.3 Å². The Morgan fingerprint density at radius 2 is 1.78 bits per heavy atom. The van der Waals surface area contributed by atoms with Crippen molar-refractivity contribution in [1.82, 2.24) is 0 Å². The second-order valence-electron chi connectivity index (χ2n) is 6.43. The van der Waals surface area contributed by atoms with Gasteiger partial charge in [0.25, 0.3) is 0 Å². The molecule has 2 aromatic rings. The Balaban J connectivity index is 1.88. The van der Waals surface area contributed by atoms with Crippen molar-refractivity contribution in [2.75, 3.05) is 13.9 Å². The molecule has 0 heterocycles. The molecule has 3 heteroatoms. The first-order valence-electron chi connectivity index (χ1n) is 8.12. The van der Waals surface area contributed by atoms with Crippen molar-refractivity contribution >= 4 is 0 Å². The highest BCUT2D eigenvalue weighted by molar-refractivity contribution is 5.46. The minimum absolute atomic E-state index is 0.287. The van der Waals surface area contributed by atoms with Crippen molar-refractivity contribution in [1.29, 1.82) is 0 Å². The Morgan fingerprint density at radius 3 is 2.39 bits per heavy atom. The highest BCUT2D eigenvalue weighted by atomic mass is 16.7. The zero-order valence-electron chi connectivity index (χ0n) is 14.1. The van der Waals surface area contributed by atoms with Crippen LogP contribution in [0.25, 0.3) is 0 Å². The van der Waals surface area contributed by atoms with Crippen LogP contribution in [0.5, 0.6) is 11.5 Å². The van der Waals surface area contributed by atoms with Gasteiger partial charge < -0.3 is 14.6 Å². The number of ether oxygens (including phenoxy) is 2. The number of benzene rings is 2. The first-order chi connectivity index (χ1) is 11.1. The standard InChI is InChI=1S/C20H24O3/c1-13-8-17(21)9-14(2)18(13)10-15-4-7-20(23-12-22-3)19(11-15)16-5-6-16/h4,7-9,11,16,21H,5-6,10,12H2,1-3H3. The molecular weight excluding hydrogens is 288 g/mol. The molecule has 0 amide bonds. The molecule has 0 bridgehead atoms. The van der Waals surface area contributed by atoms with E-state index in [2.05, 4.69) is 32.0 Å². The minimum atomic E-state index is 0.287. The summed E-state index contributed by atoms with van der Waals surface area (Å²) in [6, 6.07) is 10.1. The average Bonchev–Trinajstić information content (AvgIpc) is 3.34. The molecule has 0 atom stereocenters. The van der Waals surface area contributed by atoms with Crippen LogP contribution in [-0.2, 0) is 11.2 Å². The molecule has 1 aliphatic rings. The number of aromatic hydroxyl groups is 1. The fourth-order valence-corrected chi connectivity index (χ4v) is 3.13. The summed E-state index contributed by atoms with van der Waals surface area (Å²) in [6.07, 6.45) is 3.36. The number of rotatable bonds is 6. The van der Waals surface area contributed by atoms with Crippen LogP contribution in [0.1, 0.15) is 46.6 Å². The number of hydrogen-bond donors (Lipinski definition) is 1. The minimum Gasteiger partial charge on any atom is -0.508 e. The topological polar surface area (TPSA) is 38.7 Å². The van der Waals surface area contributed by atoms with Gasteiger partial charge in [-0.05, 0) is 85.0 Å². The molecule has 1 N–H and O–H groups in total. The SMILES string of the molecule is COCOc1ccc(Cc2c(C)cc(O)cc2C)cc1C1CC1. The largest absolute Gasteiger partial charge is 0.508 e. The third-order valence-corrected chi connectivity index (χ3v) is 4.49. The van der Waals surface area contributed by atoms with Crippen LogP contribution < -0.4 is 4.74 Å². The van der Waals surface area contributed by atoms with Gasteiger partial charge in [0, 0.05) is 7.11 Å². The van der Waals surface area contributed by atoms with E-state index in [0.29, 0.717) is 11.7 Å². The predicted molar refractivity (Wildman–Crippen MR) is 91.3 cm³/mol. The molecule has 1 saturated carbocycles. The molecule has 0 aliphatic heterocycles. The maximum absolute atomic E-state index is 9.70. The average molecular weight is 312 g/mol. The van der Waals surface area contributed by atoms with Gasteiger partial charge in [0.15, 0.2) is 6.79 Å². The van der Waals surface area contributed by atoms with E-state index in [1.165, 1.54) is 29.5 Å². The van der Waals surface area contributed by atoms with Crippen LogP contribution in [0.3, 0.4) is 0 Å². The van der Waals surface area contributed by atoms with Crippen LogP contribution in [0.4, 0.5) is 0 Å². The quantitative estimate of drug-likeness (QED) is 0.800. The molecule has 1 aliphatic carbocycles. The van der Waals surface area contributed by atoms with E-state index in [-0.39, 0.29) is 6.79 Å². The van der Waals surface area contributed by atoms with E-state index in [1.807, 2.05) is 12.1 Å². The lowest BCUT2D eigenvalue weighted by atomic mass is 9.94. The van der Waals surface area contributed by atoms with Crippen molar-refractivity contribution in [2.24, 2.45) is 0 Å². The second-order valence-corrected chi connectivity index (χ2v) is 6.43. The summed E-state index contributed by atoms with van der Waals surface area (Å²) in [5.41, 5.74) is 6.14. The molecule has 122 valence electrons. The molecule has 3 rings (SSSR count). The molecule has 0 spiro atoms. The fraction of sp³-hybridized carbons (Fsp3) is 0.400. The Morgan fingerprint density at radius 1 is 1.09 bits per heavy atom. The van der Waals surface area contributed by atoms with Gasteiger partial charge in [0.05, 0.1) is 0 Å². The lowest BCUT2D eigenvalue weighted by Crippen LogP contribution is -2.02. The highest BCUT2D eigenvalue weighted by Gasteiger charge is 2.27. The van der Waals surface area contributed by atoms with Crippen molar-refractivity contribution in [3.63, 3.8) is 0 Å². The van der Waals surface area contributed by atoms with Gasteiger partial charge in [-0.25, -0.2) is 0 Å². The fourth-order valence-electron chi connectivity index (χ4n) is 3.13. The van der Waals surface area contributed by atoms with E-state index in [0.717, 1.165) is 23.3 Å². The van der Waals surface area contributed by atoms with E-state index in [1.54, 1.807) is 7.11 Å².